The van der Waals surface area contributed by atoms with Gasteiger partial charge in [-0.1, -0.05) is 23.7 Å². The highest BCUT2D eigenvalue weighted by molar-refractivity contribution is 6.36. The van der Waals surface area contributed by atoms with E-state index in [4.69, 9.17) is 22.1 Å². The fraction of sp³-hybridized carbons (Fsp3) is 0.318. The largest absolute Gasteiger partial charge is 0.495 e. The summed E-state index contributed by atoms with van der Waals surface area (Å²) in [6, 6.07) is 8.04. The molecule has 2 N–H and O–H groups in total. The Morgan fingerprint density at radius 1 is 1.15 bits per heavy atom. The number of aromatic nitrogens is 4. The molecule has 11 heteroatoms. The van der Waals surface area contributed by atoms with Crippen LogP contribution in [-0.2, 0) is 0 Å². The lowest BCUT2D eigenvalue weighted by molar-refractivity contribution is -0.183. The number of pyridine rings is 2. The Labute approximate surface area is 191 Å². The number of fused-ring (bicyclic) bond motifs is 2. The summed E-state index contributed by atoms with van der Waals surface area (Å²) in [5, 5.41) is 9.42. The average Bonchev–Trinajstić information content (AvgIpc) is 3.39. The summed E-state index contributed by atoms with van der Waals surface area (Å²) in [4.78, 5) is 5.97. The molecule has 1 aliphatic rings. The van der Waals surface area contributed by atoms with Crippen LogP contribution in [0.25, 0.3) is 28.1 Å². The van der Waals surface area contributed by atoms with Crippen LogP contribution in [0.5, 0.6) is 5.75 Å². The molecule has 0 bridgehead atoms. The minimum absolute atomic E-state index is 0.0886. The first kappa shape index (κ1) is 21.9. The molecule has 2 unspecified atom stereocenters. The zero-order valence-electron chi connectivity index (χ0n) is 17.6. The first-order chi connectivity index (χ1) is 15.8. The van der Waals surface area contributed by atoms with E-state index in [2.05, 4.69) is 15.2 Å². The summed E-state index contributed by atoms with van der Waals surface area (Å²) < 4.78 is 49.0. The third-order valence-corrected chi connectivity index (χ3v) is 6.25. The van der Waals surface area contributed by atoms with Gasteiger partial charge in [0, 0.05) is 30.7 Å². The number of hydrogen-bond acceptors (Lipinski definition) is 6. The van der Waals surface area contributed by atoms with Crippen molar-refractivity contribution in [3.05, 3.63) is 53.2 Å². The predicted octanol–water partition coefficient (Wildman–Crippen LogP) is 4.24. The molecule has 1 aliphatic heterocycles. The molecular formula is C22H20ClF3N6O. The van der Waals surface area contributed by atoms with Gasteiger partial charge in [-0.05, 0) is 36.2 Å². The Bertz CT molecular complexity index is 1340. The number of methoxy groups -OCH3 is 1. The van der Waals surface area contributed by atoms with Crippen molar-refractivity contribution in [2.45, 2.75) is 24.7 Å². The van der Waals surface area contributed by atoms with Gasteiger partial charge in [0.05, 0.1) is 12.6 Å². The SMILES string of the molecule is COc1ccc2ccc(-c3nnc4ccc(C(N5CCC(N)C5)C(F)(F)F)cn34)nc2c1Cl. The molecule has 33 heavy (non-hydrogen) atoms. The van der Waals surface area contributed by atoms with Crippen LogP contribution in [0.2, 0.25) is 5.02 Å². The minimum Gasteiger partial charge on any atom is -0.495 e. The monoisotopic (exact) mass is 476 g/mol. The first-order valence-electron chi connectivity index (χ1n) is 10.3. The summed E-state index contributed by atoms with van der Waals surface area (Å²) >= 11 is 6.42. The van der Waals surface area contributed by atoms with Crippen molar-refractivity contribution in [2.75, 3.05) is 20.2 Å². The molecule has 1 fully saturated rings. The molecular weight excluding hydrogens is 457 g/mol. The van der Waals surface area contributed by atoms with Crippen molar-refractivity contribution in [1.29, 1.82) is 0 Å². The number of likely N-dealkylation sites (tertiary alicyclic amines) is 1. The highest BCUT2D eigenvalue weighted by Crippen LogP contribution is 2.39. The molecule has 0 saturated carbocycles. The van der Waals surface area contributed by atoms with Gasteiger partial charge >= 0.3 is 6.18 Å². The van der Waals surface area contributed by atoms with Gasteiger partial charge in [0.15, 0.2) is 11.5 Å². The summed E-state index contributed by atoms with van der Waals surface area (Å²) in [5.74, 6) is 0.783. The number of nitrogens with zero attached hydrogens (tertiary/aromatic N) is 5. The molecule has 1 aromatic carbocycles. The summed E-state index contributed by atoms with van der Waals surface area (Å²) in [5.41, 5.74) is 7.30. The third kappa shape index (κ3) is 3.88. The third-order valence-electron chi connectivity index (χ3n) is 5.89. The molecule has 5 rings (SSSR count). The van der Waals surface area contributed by atoms with Gasteiger partial charge in [0.25, 0.3) is 0 Å². The molecule has 172 valence electrons. The van der Waals surface area contributed by atoms with E-state index < -0.39 is 12.2 Å². The highest BCUT2D eigenvalue weighted by Gasteiger charge is 2.46. The zero-order chi connectivity index (χ0) is 23.3. The van der Waals surface area contributed by atoms with Crippen LogP contribution in [0.15, 0.2) is 42.6 Å². The number of nitrogens with two attached hydrogens (primary N) is 1. The maximum atomic E-state index is 14.1. The second-order valence-electron chi connectivity index (χ2n) is 8.05. The van der Waals surface area contributed by atoms with Crippen LogP contribution >= 0.6 is 11.6 Å². The van der Waals surface area contributed by atoms with Gasteiger partial charge in [0.2, 0.25) is 0 Å². The molecule has 0 aliphatic carbocycles. The van der Waals surface area contributed by atoms with Crippen LogP contribution in [0.1, 0.15) is 18.0 Å². The lowest BCUT2D eigenvalue weighted by atomic mass is 10.1. The highest BCUT2D eigenvalue weighted by atomic mass is 35.5. The van der Waals surface area contributed by atoms with Crippen LogP contribution < -0.4 is 10.5 Å². The van der Waals surface area contributed by atoms with E-state index in [-0.39, 0.29) is 24.7 Å². The van der Waals surface area contributed by atoms with E-state index in [0.717, 1.165) is 5.39 Å². The molecule has 1 saturated heterocycles. The summed E-state index contributed by atoms with van der Waals surface area (Å²) in [6.45, 7) is 0.467. The lowest BCUT2D eigenvalue weighted by Gasteiger charge is -2.30. The van der Waals surface area contributed by atoms with Gasteiger partial charge in [-0.2, -0.15) is 13.2 Å². The van der Waals surface area contributed by atoms with Crippen molar-refractivity contribution in [3.63, 3.8) is 0 Å². The maximum Gasteiger partial charge on any atom is 0.408 e. The van der Waals surface area contributed by atoms with Crippen LogP contribution in [0, 0.1) is 0 Å². The molecule has 0 amide bonds. The fourth-order valence-corrected chi connectivity index (χ4v) is 4.61. The zero-order valence-corrected chi connectivity index (χ0v) is 18.3. The second kappa shape index (κ2) is 8.12. The smallest absolute Gasteiger partial charge is 0.408 e. The van der Waals surface area contributed by atoms with E-state index >= 15 is 0 Å². The number of halogens is 4. The Balaban J connectivity index is 1.62. The second-order valence-corrected chi connectivity index (χ2v) is 8.43. The van der Waals surface area contributed by atoms with E-state index in [1.807, 2.05) is 12.1 Å². The molecule has 7 nitrogen and oxygen atoms in total. The van der Waals surface area contributed by atoms with Crippen LogP contribution in [-0.4, -0.2) is 56.9 Å². The van der Waals surface area contributed by atoms with E-state index in [1.165, 1.54) is 34.7 Å². The summed E-state index contributed by atoms with van der Waals surface area (Å²) in [7, 11) is 1.51. The number of ether oxygens (including phenoxy) is 1. The van der Waals surface area contributed by atoms with Crippen molar-refractivity contribution in [1.82, 2.24) is 24.5 Å². The molecule has 4 heterocycles. The van der Waals surface area contributed by atoms with E-state index in [9.17, 15) is 13.2 Å². The average molecular weight is 477 g/mol. The quantitative estimate of drug-likeness (QED) is 0.474. The molecule has 2 atom stereocenters. The Kier molecular flexibility index (Phi) is 5.38. The Morgan fingerprint density at radius 2 is 1.94 bits per heavy atom. The van der Waals surface area contributed by atoms with Gasteiger partial charge < -0.3 is 10.5 Å². The molecule has 0 spiro atoms. The Morgan fingerprint density at radius 3 is 2.64 bits per heavy atom. The summed E-state index contributed by atoms with van der Waals surface area (Å²) in [6.07, 6.45) is -2.51. The minimum atomic E-state index is -4.46. The van der Waals surface area contributed by atoms with E-state index in [0.29, 0.717) is 39.9 Å². The van der Waals surface area contributed by atoms with Crippen molar-refractivity contribution < 1.29 is 17.9 Å². The number of rotatable bonds is 4. The Hall–Kier alpha value is -2.95. The predicted molar refractivity (Wildman–Crippen MR) is 118 cm³/mol. The van der Waals surface area contributed by atoms with Gasteiger partial charge in [0.1, 0.15) is 22.5 Å². The number of alkyl halides is 3. The van der Waals surface area contributed by atoms with Crippen molar-refractivity contribution in [3.8, 4) is 17.3 Å². The number of hydrogen-bond donors (Lipinski definition) is 1. The van der Waals surface area contributed by atoms with E-state index in [1.54, 1.807) is 12.1 Å². The van der Waals surface area contributed by atoms with Gasteiger partial charge in [-0.15, -0.1) is 10.2 Å². The van der Waals surface area contributed by atoms with Crippen LogP contribution in [0.4, 0.5) is 13.2 Å². The molecule has 3 aromatic heterocycles. The lowest BCUT2D eigenvalue weighted by Crippen LogP contribution is -2.38. The first-order valence-corrected chi connectivity index (χ1v) is 10.7. The fourth-order valence-electron chi connectivity index (χ4n) is 4.32. The molecule has 4 aromatic rings. The topological polar surface area (TPSA) is 81.6 Å². The van der Waals surface area contributed by atoms with Crippen molar-refractivity contribution >= 4 is 28.2 Å². The maximum absolute atomic E-state index is 14.1. The van der Waals surface area contributed by atoms with Gasteiger partial charge in [-0.3, -0.25) is 9.30 Å². The van der Waals surface area contributed by atoms with Crippen molar-refractivity contribution in [2.24, 2.45) is 5.73 Å². The van der Waals surface area contributed by atoms with Gasteiger partial charge in [-0.25, -0.2) is 4.98 Å². The molecule has 0 radical (unpaired) electrons. The van der Waals surface area contributed by atoms with Crippen LogP contribution in [0.3, 0.4) is 0 Å². The number of benzene rings is 1. The standard InChI is InChI=1S/C22H20ClF3N6O/c1-33-16-6-3-12-2-5-15(28-19(12)18(16)23)21-30-29-17-7-4-13(10-32(17)21)20(22(24,25)26)31-9-8-14(27)11-31/h2-7,10,14,20H,8-9,11,27H2,1H3. The normalized spacial score (nSPS) is 18.3.